The van der Waals surface area contributed by atoms with Crippen LogP contribution >= 0.6 is 23.2 Å². The Morgan fingerprint density at radius 2 is 2.14 bits per heavy atom. The van der Waals surface area contributed by atoms with Crippen molar-refractivity contribution < 1.29 is 4.79 Å². The van der Waals surface area contributed by atoms with Crippen molar-refractivity contribution in [2.24, 2.45) is 0 Å². The van der Waals surface area contributed by atoms with Crippen LogP contribution in [-0.4, -0.2) is 25.5 Å². The highest BCUT2D eigenvalue weighted by molar-refractivity contribution is 6.36. The van der Waals surface area contributed by atoms with Crippen molar-refractivity contribution in [1.29, 1.82) is 0 Å². The highest BCUT2D eigenvalue weighted by atomic mass is 35.5. The molecule has 0 saturated heterocycles. The van der Waals surface area contributed by atoms with E-state index in [4.69, 9.17) is 23.2 Å². The molecular weight excluding hydrogens is 223 g/mol. The maximum Gasteiger partial charge on any atom is 0.221 e. The first-order chi connectivity index (χ1) is 6.70. The molecular formula is C9H16Cl2N2O. The fourth-order valence-electron chi connectivity index (χ4n) is 0.801. The van der Waals surface area contributed by atoms with E-state index >= 15 is 0 Å². The van der Waals surface area contributed by atoms with Gasteiger partial charge in [0.2, 0.25) is 5.91 Å². The van der Waals surface area contributed by atoms with Gasteiger partial charge in [-0.25, -0.2) is 0 Å². The second kappa shape index (κ2) is 9.31. The Morgan fingerprint density at radius 1 is 1.43 bits per heavy atom. The Labute approximate surface area is 94.8 Å². The zero-order valence-electron chi connectivity index (χ0n) is 8.28. The SMILES string of the molecule is CCCNC(=O)CCNCC(Cl)=CCl. The molecule has 82 valence electrons. The zero-order valence-corrected chi connectivity index (χ0v) is 9.79. The van der Waals surface area contributed by atoms with Gasteiger partial charge in [0.05, 0.1) is 0 Å². The van der Waals surface area contributed by atoms with Crippen molar-refractivity contribution in [1.82, 2.24) is 10.6 Å². The molecule has 0 bridgehead atoms. The van der Waals surface area contributed by atoms with Gasteiger partial charge in [-0.3, -0.25) is 4.79 Å². The number of hydrogen-bond donors (Lipinski definition) is 2. The van der Waals surface area contributed by atoms with Crippen LogP contribution in [0.1, 0.15) is 19.8 Å². The van der Waals surface area contributed by atoms with Crippen molar-refractivity contribution in [2.45, 2.75) is 19.8 Å². The Hall–Kier alpha value is -0.250. The van der Waals surface area contributed by atoms with Crippen LogP contribution in [0, 0.1) is 0 Å². The largest absolute Gasteiger partial charge is 0.356 e. The molecule has 14 heavy (non-hydrogen) atoms. The number of carbonyl (C=O) groups excluding carboxylic acids is 1. The summed E-state index contributed by atoms with van der Waals surface area (Å²) in [6, 6.07) is 0. The maximum absolute atomic E-state index is 11.1. The average molecular weight is 239 g/mol. The van der Waals surface area contributed by atoms with E-state index < -0.39 is 0 Å². The van der Waals surface area contributed by atoms with E-state index in [1.165, 1.54) is 5.54 Å². The molecule has 0 aromatic heterocycles. The second-order valence-corrected chi connectivity index (χ2v) is 3.54. The summed E-state index contributed by atoms with van der Waals surface area (Å²) in [5.41, 5.74) is 1.31. The van der Waals surface area contributed by atoms with Crippen LogP contribution in [0.5, 0.6) is 0 Å². The van der Waals surface area contributed by atoms with E-state index in [1.807, 2.05) is 6.92 Å². The molecule has 0 spiro atoms. The highest BCUT2D eigenvalue weighted by Gasteiger charge is 1.98. The topological polar surface area (TPSA) is 41.1 Å². The summed E-state index contributed by atoms with van der Waals surface area (Å²) in [4.78, 5) is 11.1. The van der Waals surface area contributed by atoms with E-state index in [2.05, 4.69) is 10.6 Å². The average Bonchev–Trinajstić information content (AvgIpc) is 2.21. The molecule has 0 saturated carbocycles. The first kappa shape index (κ1) is 13.8. The van der Waals surface area contributed by atoms with Crippen molar-refractivity contribution >= 4 is 29.1 Å². The quantitative estimate of drug-likeness (QED) is 0.665. The molecule has 0 atom stereocenters. The van der Waals surface area contributed by atoms with Gasteiger partial charge in [0.25, 0.3) is 0 Å². The molecule has 2 N–H and O–H groups in total. The van der Waals surface area contributed by atoms with Gasteiger partial charge < -0.3 is 10.6 Å². The van der Waals surface area contributed by atoms with E-state index in [0.29, 0.717) is 24.5 Å². The van der Waals surface area contributed by atoms with Crippen LogP contribution in [0.2, 0.25) is 0 Å². The molecule has 0 heterocycles. The van der Waals surface area contributed by atoms with Crippen LogP contribution in [0.4, 0.5) is 0 Å². The number of halogens is 2. The molecule has 0 fully saturated rings. The van der Waals surface area contributed by atoms with Gasteiger partial charge in [-0.1, -0.05) is 30.1 Å². The summed E-state index contributed by atoms with van der Waals surface area (Å²) in [6.45, 7) is 3.87. The summed E-state index contributed by atoms with van der Waals surface area (Å²) < 4.78 is 0. The summed E-state index contributed by atoms with van der Waals surface area (Å²) in [6.07, 6.45) is 1.42. The number of hydrogen-bond acceptors (Lipinski definition) is 2. The monoisotopic (exact) mass is 238 g/mol. The predicted molar refractivity (Wildman–Crippen MR) is 60.6 cm³/mol. The summed E-state index contributed by atoms with van der Waals surface area (Å²) >= 11 is 11.0. The smallest absolute Gasteiger partial charge is 0.221 e. The molecule has 1 amide bonds. The lowest BCUT2D eigenvalue weighted by atomic mass is 10.3. The summed E-state index contributed by atoms with van der Waals surface area (Å²) in [5, 5.41) is 6.32. The lowest BCUT2D eigenvalue weighted by Gasteiger charge is -2.04. The van der Waals surface area contributed by atoms with Crippen molar-refractivity contribution in [3.05, 3.63) is 10.6 Å². The molecule has 5 heteroatoms. The van der Waals surface area contributed by atoms with Crippen molar-refractivity contribution in [2.75, 3.05) is 19.6 Å². The predicted octanol–water partition coefficient (Wildman–Crippen LogP) is 1.81. The number of rotatable bonds is 7. The van der Waals surface area contributed by atoms with Crippen LogP contribution in [0.25, 0.3) is 0 Å². The minimum absolute atomic E-state index is 0.0605. The Morgan fingerprint density at radius 3 is 2.71 bits per heavy atom. The Balaban J connectivity index is 3.31. The minimum atomic E-state index is 0.0605. The van der Waals surface area contributed by atoms with Crippen LogP contribution in [-0.2, 0) is 4.79 Å². The van der Waals surface area contributed by atoms with E-state index in [9.17, 15) is 4.79 Å². The lowest BCUT2D eigenvalue weighted by molar-refractivity contribution is -0.120. The fourth-order valence-corrected chi connectivity index (χ4v) is 0.973. The number of carbonyl (C=O) groups is 1. The van der Waals surface area contributed by atoms with Gasteiger partial charge in [0.15, 0.2) is 0 Å². The third-order valence-corrected chi connectivity index (χ3v) is 2.13. The molecule has 0 aliphatic rings. The summed E-state index contributed by atoms with van der Waals surface area (Å²) in [7, 11) is 0. The van der Waals surface area contributed by atoms with Crippen LogP contribution in [0.15, 0.2) is 10.6 Å². The number of amides is 1. The van der Waals surface area contributed by atoms with Crippen LogP contribution in [0.3, 0.4) is 0 Å². The molecule has 3 nitrogen and oxygen atoms in total. The Kier molecular flexibility index (Phi) is 9.14. The first-order valence-corrected chi connectivity index (χ1v) is 5.44. The molecule has 0 aromatic rings. The van der Waals surface area contributed by atoms with Crippen molar-refractivity contribution in [3.8, 4) is 0 Å². The van der Waals surface area contributed by atoms with Crippen LogP contribution < -0.4 is 10.6 Å². The molecule has 0 aliphatic carbocycles. The second-order valence-electron chi connectivity index (χ2n) is 2.83. The van der Waals surface area contributed by atoms with Gasteiger partial charge in [-0.05, 0) is 6.42 Å². The standard InChI is InChI=1S/C9H16Cl2N2O/c1-2-4-13-9(14)3-5-12-7-8(11)6-10/h6,12H,2-5,7H2,1H3,(H,13,14). The minimum Gasteiger partial charge on any atom is -0.356 e. The van der Waals surface area contributed by atoms with E-state index in [0.717, 1.165) is 13.0 Å². The number of nitrogens with one attached hydrogen (secondary N) is 2. The maximum atomic E-state index is 11.1. The normalized spacial score (nSPS) is 11.5. The van der Waals surface area contributed by atoms with Gasteiger partial charge in [-0.2, -0.15) is 0 Å². The fraction of sp³-hybridized carbons (Fsp3) is 0.667. The highest BCUT2D eigenvalue weighted by Crippen LogP contribution is 1.99. The van der Waals surface area contributed by atoms with Crippen molar-refractivity contribution in [3.63, 3.8) is 0 Å². The molecule has 0 aliphatic heterocycles. The van der Waals surface area contributed by atoms with E-state index in [-0.39, 0.29) is 5.91 Å². The molecule has 0 unspecified atom stereocenters. The summed E-state index contributed by atoms with van der Waals surface area (Å²) in [5.74, 6) is 0.0605. The molecule has 0 aromatic carbocycles. The third-order valence-electron chi connectivity index (χ3n) is 1.51. The molecule has 0 radical (unpaired) electrons. The van der Waals surface area contributed by atoms with Gasteiger partial charge in [-0.15, -0.1) is 0 Å². The Bertz CT molecular complexity index is 195. The van der Waals surface area contributed by atoms with Gasteiger partial charge >= 0.3 is 0 Å². The van der Waals surface area contributed by atoms with Gasteiger partial charge in [0, 0.05) is 36.6 Å². The lowest BCUT2D eigenvalue weighted by Crippen LogP contribution is -2.28. The zero-order chi connectivity index (χ0) is 10.8. The van der Waals surface area contributed by atoms with Gasteiger partial charge in [0.1, 0.15) is 0 Å². The molecule has 0 rings (SSSR count). The third kappa shape index (κ3) is 8.35. The van der Waals surface area contributed by atoms with E-state index in [1.54, 1.807) is 0 Å². The first-order valence-electron chi connectivity index (χ1n) is 4.62.